The van der Waals surface area contributed by atoms with E-state index in [-0.39, 0.29) is 23.7 Å². The largest absolute Gasteiger partial charge is 0.349 e. The van der Waals surface area contributed by atoms with E-state index in [4.69, 9.17) is 0 Å². The van der Waals surface area contributed by atoms with Gasteiger partial charge >= 0.3 is 0 Å². The fourth-order valence-corrected chi connectivity index (χ4v) is 4.00. The molecular formula is C22H23FN2O2. The number of carbonyl (C=O) groups excluding carboxylic acids is 2. The monoisotopic (exact) mass is 366 g/mol. The summed E-state index contributed by atoms with van der Waals surface area (Å²) in [6.45, 7) is 0.569. The first-order chi connectivity index (χ1) is 13.1. The Morgan fingerprint density at radius 2 is 1.67 bits per heavy atom. The molecule has 1 aliphatic carbocycles. The standard InChI is InChI=1S/C22H23FN2O2/c23-18-10-8-16(9-11-18)22(27)25-13-12-15-6-7-17(14-20(15)25)21(26)24-19-4-2-1-3-5-19/h6-11,14,19H,1-5,12-13H2,(H,24,26). The molecule has 1 fully saturated rings. The lowest BCUT2D eigenvalue weighted by atomic mass is 9.95. The third kappa shape index (κ3) is 3.72. The van der Waals surface area contributed by atoms with Crippen molar-refractivity contribution in [3.63, 3.8) is 0 Å². The third-order valence-corrected chi connectivity index (χ3v) is 5.52. The molecule has 0 atom stereocenters. The topological polar surface area (TPSA) is 49.4 Å². The molecule has 0 unspecified atom stereocenters. The number of rotatable bonds is 3. The van der Waals surface area contributed by atoms with E-state index < -0.39 is 0 Å². The van der Waals surface area contributed by atoms with E-state index >= 15 is 0 Å². The zero-order chi connectivity index (χ0) is 18.8. The summed E-state index contributed by atoms with van der Waals surface area (Å²) < 4.78 is 13.1. The molecule has 0 bridgehead atoms. The predicted octanol–water partition coefficient (Wildman–Crippen LogP) is 4.09. The molecule has 140 valence electrons. The molecule has 2 aromatic carbocycles. The molecule has 2 aromatic rings. The Bertz CT molecular complexity index is 857. The van der Waals surface area contributed by atoms with Gasteiger partial charge in [-0.1, -0.05) is 25.3 Å². The van der Waals surface area contributed by atoms with Crippen molar-refractivity contribution >= 4 is 17.5 Å². The molecular weight excluding hydrogens is 343 g/mol. The van der Waals surface area contributed by atoms with Crippen LogP contribution in [0.25, 0.3) is 0 Å². The van der Waals surface area contributed by atoms with Gasteiger partial charge in [0, 0.05) is 29.4 Å². The van der Waals surface area contributed by atoms with Crippen LogP contribution >= 0.6 is 0 Å². The number of amides is 2. The van der Waals surface area contributed by atoms with Crippen LogP contribution < -0.4 is 10.2 Å². The molecule has 1 saturated carbocycles. The lowest BCUT2D eigenvalue weighted by Gasteiger charge is -2.23. The van der Waals surface area contributed by atoms with Crippen LogP contribution in [0.4, 0.5) is 10.1 Å². The van der Waals surface area contributed by atoms with E-state index in [0.717, 1.165) is 43.4 Å². The van der Waals surface area contributed by atoms with Crippen molar-refractivity contribution in [2.75, 3.05) is 11.4 Å². The minimum Gasteiger partial charge on any atom is -0.349 e. The number of hydrogen-bond acceptors (Lipinski definition) is 2. The molecule has 5 heteroatoms. The SMILES string of the molecule is O=C(NC1CCCCC1)c1ccc2c(c1)N(C(=O)c1ccc(F)cc1)CC2. The number of nitrogens with one attached hydrogen (secondary N) is 1. The second-order valence-corrected chi connectivity index (χ2v) is 7.37. The van der Waals surface area contributed by atoms with E-state index in [1.165, 1.54) is 30.7 Å². The van der Waals surface area contributed by atoms with Gasteiger partial charge in [0.25, 0.3) is 11.8 Å². The minimum absolute atomic E-state index is 0.0780. The number of hydrogen-bond donors (Lipinski definition) is 1. The van der Waals surface area contributed by atoms with Crippen LogP contribution in [0, 0.1) is 5.82 Å². The Labute approximate surface area is 158 Å². The quantitative estimate of drug-likeness (QED) is 0.889. The van der Waals surface area contributed by atoms with Gasteiger partial charge in [-0.2, -0.15) is 0 Å². The van der Waals surface area contributed by atoms with Crippen molar-refractivity contribution in [1.82, 2.24) is 5.32 Å². The van der Waals surface area contributed by atoms with Crippen molar-refractivity contribution in [3.05, 3.63) is 65.0 Å². The fraction of sp³-hybridized carbons (Fsp3) is 0.364. The van der Waals surface area contributed by atoms with Gasteiger partial charge in [-0.15, -0.1) is 0 Å². The summed E-state index contributed by atoms with van der Waals surface area (Å²) in [5, 5.41) is 3.12. The number of benzene rings is 2. The lowest BCUT2D eigenvalue weighted by molar-refractivity contribution is 0.0926. The smallest absolute Gasteiger partial charge is 0.258 e. The van der Waals surface area contributed by atoms with Crippen LogP contribution in [0.1, 0.15) is 58.4 Å². The Kier molecular flexibility index (Phi) is 4.92. The molecule has 27 heavy (non-hydrogen) atoms. The maximum Gasteiger partial charge on any atom is 0.258 e. The highest BCUT2D eigenvalue weighted by molar-refractivity contribution is 6.08. The zero-order valence-electron chi connectivity index (χ0n) is 15.2. The van der Waals surface area contributed by atoms with Crippen molar-refractivity contribution in [3.8, 4) is 0 Å². The molecule has 1 N–H and O–H groups in total. The number of fused-ring (bicyclic) bond motifs is 1. The van der Waals surface area contributed by atoms with Gasteiger partial charge in [-0.05, 0) is 61.2 Å². The Morgan fingerprint density at radius 3 is 2.41 bits per heavy atom. The summed E-state index contributed by atoms with van der Waals surface area (Å²) in [5.74, 6) is -0.612. The zero-order valence-corrected chi connectivity index (χ0v) is 15.2. The van der Waals surface area contributed by atoms with Crippen molar-refractivity contribution < 1.29 is 14.0 Å². The van der Waals surface area contributed by atoms with Gasteiger partial charge in [-0.3, -0.25) is 9.59 Å². The van der Waals surface area contributed by atoms with E-state index in [1.807, 2.05) is 18.2 Å². The van der Waals surface area contributed by atoms with Crippen molar-refractivity contribution in [2.45, 2.75) is 44.6 Å². The van der Waals surface area contributed by atoms with Crippen molar-refractivity contribution in [2.24, 2.45) is 0 Å². The summed E-state index contributed by atoms with van der Waals surface area (Å²) in [7, 11) is 0. The maximum atomic E-state index is 13.1. The average Bonchev–Trinajstić information content (AvgIpc) is 3.12. The summed E-state index contributed by atoms with van der Waals surface area (Å²) in [6.07, 6.45) is 6.39. The first-order valence-corrected chi connectivity index (χ1v) is 9.63. The molecule has 4 nitrogen and oxygen atoms in total. The molecule has 0 radical (unpaired) electrons. The normalized spacial score (nSPS) is 16.9. The van der Waals surface area contributed by atoms with Crippen LogP contribution in [-0.4, -0.2) is 24.4 Å². The minimum atomic E-state index is -0.366. The van der Waals surface area contributed by atoms with E-state index in [1.54, 1.807) is 4.90 Å². The van der Waals surface area contributed by atoms with Gasteiger partial charge in [0.1, 0.15) is 5.82 Å². The van der Waals surface area contributed by atoms with Gasteiger partial charge in [0.15, 0.2) is 0 Å². The van der Waals surface area contributed by atoms with Crippen LogP contribution in [0.15, 0.2) is 42.5 Å². The van der Waals surface area contributed by atoms with Gasteiger partial charge in [-0.25, -0.2) is 4.39 Å². The summed E-state index contributed by atoms with van der Waals surface area (Å²) in [6, 6.07) is 11.4. The molecule has 0 aromatic heterocycles. The second kappa shape index (κ2) is 7.51. The van der Waals surface area contributed by atoms with Crippen LogP contribution in [0.5, 0.6) is 0 Å². The predicted molar refractivity (Wildman–Crippen MR) is 103 cm³/mol. The molecule has 0 saturated heterocycles. The fourth-order valence-electron chi connectivity index (χ4n) is 4.00. The first-order valence-electron chi connectivity index (χ1n) is 9.63. The highest BCUT2D eigenvalue weighted by Gasteiger charge is 2.27. The molecule has 4 rings (SSSR count). The summed E-state index contributed by atoms with van der Waals surface area (Å²) in [4.78, 5) is 27.1. The van der Waals surface area contributed by atoms with Crippen molar-refractivity contribution in [1.29, 1.82) is 0 Å². The average molecular weight is 366 g/mol. The second-order valence-electron chi connectivity index (χ2n) is 7.37. The molecule has 1 aliphatic heterocycles. The highest BCUT2D eigenvalue weighted by Crippen LogP contribution is 2.30. The van der Waals surface area contributed by atoms with Gasteiger partial charge in [0.2, 0.25) is 0 Å². The number of carbonyl (C=O) groups is 2. The summed E-state index contributed by atoms with van der Waals surface area (Å²) >= 11 is 0. The van der Waals surface area contributed by atoms with E-state index in [2.05, 4.69) is 5.32 Å². The Hall–Kier alpha value is -2.69. The number of halogens is 1. The molecule has 2 amide bonds. The third-order valence-electron chi connectivity index (χ3n) is 5.52. The van der Waals surface area contributed by atoms with Gasteiger partial charge < -0.3 is 10.2 Å². The van der Waals surface area contributed by atoms with Crippen LogP contribution in [-0.2, 0) is 6.42 Å². The van der Waals surface area contributed by atoms with E-state index in [0.29, 0.717) is 17.7 Å². The molecule has 1 heterocycles. The Morgan fingerprint density at radius 1 is 0.963 bits per heavy atom. The van der Waals surface area contributed by atoms with Crippen LogP contribution in [0.2, 0.25) is 0 Å². The number of nitrogens with zero attached hydrogens (tertiary/aromatic N) is 1. The first kappa shape index (κ1) is 17.7. The lowest BCUT2D eigenvalue weighted by Crippen LogP contribution is -2.36. The van der Waals surface area contributed by atoms with Crippen LogP contribution in [0.3, 0.4) is 0 Å². The highest BCUT2D eigenvalue weighted by atomic mass is 19.1. The molecule has 0 spiro atoms. The maximum absolute atomic E-state index is 13.1. The summed E-state index contributed by atoms with van der Waals surface area (Å²) in [5.41, 5.74) is 2.86. The van der Waals surface area contributed by atoms with E-state index in [9.17, 15) is 14.0 Å². The molecule has 2 aliphatic rings. The Balaban J connectivity index is 1.53. The number of anilines is 1. The van der Waals surface area contributed by atoms with Gasteiger partial charge in [0.05, 0.1) is 0 Å².